The average molecular weight is 539 g/mol. The predicted molar refractivity (Wildman–Crippen MR) is 144 cm³/mol. The van der Waals surface area contributed by atoms with Gasteiger partial charge in [-0.15, -0.1) is 0 Å². The molecule has 9 nitrogen and oxygen atoms in total. The molecule has 5 rings (SSSR count). The van der Waals surface area contributed by atoms with E-state index in [-0.39, 0.29) is 17.9 Å². The first-order valence-corrected chi connectivity index (χ1v) is 13.2. The fourth-order valence-corrected chi connectivity index (χ4v) is 5.55. The minimum Gasteiger partial charge on any atom is -0.481 e. The van der Waals surface area contributed by atoms with Crippen LogP contribution in [0.1, 0.15) is 50.5 Å². The number of fused-ring (bicyclic) bond motifs is 1. The van der Waals surface area contributed by atoms with Crippen molar-refractivity contribution in [1.29, 1.82) is 0 Å². The van der Waals surface area contributed by atoms with Crippen molar-refractivity contribution in [2.24, 2.45) is 5.92 Å². The molecule has 1 unspecified atom stereocenters. The number of imidazole rings is 1. The number of rotatable bonds is 6. The lowest BCUT2D eigenvalue weighted by atomic mass is 9.82. The number of nitrogens with zero attached hydrogens (tertiary/aromatic N) is 3. The first-order chi connectivity index (χ1) is 18.1. The third-order valence-electron chi connectivity index (χ3n) is 7.54. The van der Waals surface area contributed by atoms with Gasteiger partial charge in [-0.2, -0.15) is 4.98 Å². The van der Waals surface area contributed by atoms with Gasteiger partial charge in [0.2, 0.25) is 0 Å². The monoisotopic (exact) mass is 538 g/mol. The molecule has 0 radical (unpaired) electrons. The first-order valence-electron chi connectivity index (χ1n) is 12.8. The number of aromatic nitrogens is 3. The Morgan fingerprint density at radius 2 is 1.79 bits per heavy atom. The molecule has 1 fully saturated rings. The second kappa shape index (κ2) is 10.4. The van der Waals surface area contributed by atoms with Crippen LogP contribution in [0.15, 0.2) is 36.4 Å². The number of amides is 1. The summed E-state index contributed by atoms with van der Waals surface area (Å²) in [7, 11) is 3.29. The van der Waals surface area contributed by atoms with Crippen molar-refractivity contribution in [2.45, 2.75) is 56.7 Å². The summed E-state index contributed by atoms with van der Waals surface area (Å²) in [5.74, 6) is -1.31. The van der Waals surface area contributed by atoms with Crippen molar-refractivity contribution in [1.82, 2.24) is 19.9 Å². The molecule has 2 aliphatic rings. The van der Waals surface area contributed by atoms with Crippen LogP contribution in [0.5, 0.6) is 6.01 Å². The molecule has 38 heavy (non-hydrogen) atoms. The number of allylic oxidation sites excluding steroid dienone is 2. The Morgan fingerprint density at radius 3 is 2.39 bits per heavy atom. The number of carboxylic acid groups (broad SMARTS) is 1. The second-order valence-corrected chi connectivity index (χ2v) is 10.8. The summed E-state index contributed by atoms with van der Waals surface area (Å²) in [5.41, 5.74) is 3.47. The maximum absolute atomic E-state index is 12.3. The number of nitrogens with one attached hydrogen (secondary N) is 1. The van der Waals surface area contributed by atoms with E-state index in [9.17, 15) is 19.8 Å². The molecule has 3 aromatic rings. The number of hydrogen-bond donors (Lipinski definition) is 3. The van der Waals surface area contributed by atoms with E-state index in [0.29, 0.717) is 66.4 Å². The average Bonchev–Trinajstić information content (AvgIpc) is 3.30. The zero-order valence-electron chi connectivity index (χ0n) is 21.4. The fourth-order valence-electron chi connectivity index (χ4n) is 5.29. The summed E-state index contributed by atoms with van der Waals surface area (Å²) >= 11 is 6.58. The van der Waals surface area contributed by atoms with Gasteiger partial charge in [-0.05, 0) is 62.1 Å². The zero-order valence-corrected chi connectivity index (χ0v) is 22.2. The minimum absolute atomic E-state index is 0.173. The van der Waals surface area contributed by atoms with Gasteiger partial charge in [-0.25, -0.2) is 4.98 Å². The molecule has 2 aromatic heterocycles. The third kappa shape index (κ3) is 5.26. The molecule has 3 N–H and O–H groups in total. The number of aromatic amines is 1. The Morgan fingerprint density at radius 1 is 1.11 bits per heavy atom. The van der Waals surface area contributed by atoms with Crippen LogP contribution >= 0.6 is 11.6 Å². The molecular formula is C28H31ClN4O5. The van der Waals surface area contributed by atoms with E-state index in [0.717, 1.165) is 23.1 Å². The standard InChI is InChI=1S/C28H31ClN4O5/c1-33(2)26(36)28(37)13-11-20(12-14-28)38-27-30-22-15-21(29)23(31-24(22)32-27)18-7-3-16(4-8-18)17-5-9-19(10-6-17)25(34)35/h3-5,7-8,15,19-20,37H,6,9-14H2,1-2H3,(H,34,35)(H,30,31,32)/t19?,20-,28+. The molecule has 1 amide bonds. The highest BCUT2D eigenvalue weighted by atomic mass is 35.5. The number of H-pyrrole nitrogens is 1. The molecule has 0 spiro atoms. The van der Waals surface area contributed by atoms with Gasteiger partial charge in [-0.1, -0.05) is 41.9 Å². The van der Waals surface area contributed by atoms with Crippen LogP contribution in [0.4, 0.5) is 0 Å². The van der Waals surface area contributed by atoms with E-state index < -0.39 is 11.6 Å². The highest BCUT2D eigenvalue weighted by Crippen LogP contribution is 2.35. The number of carbonyl (C=O) groups is 2. The number of benzene rings is 1. The lowest BCUT2D eigenvalue weighted by Crippen LogP contribution is -2.49. The topological polar surface area (TPSA) is 129 Å². The lowest BCUT2D eigenvalue weighted by molar-refractivity contribution is -0.153. The van der Waals surface area contributed by atoms with Crippen molar-refractivity contribution in [2.75, 3.05) is 14.1 Å². The quantitative estimate of drug-likeness (QED) is 0.415. The summed E-state index contributed by atoms with van der Waals surface area (Å²) in [4.78, 5) is 37.2. The van der Waals surface area contributed by atoms with E-state index >= 15 is 0 Å². The van der Waals surface area contributed by atoms with Crippen LogP contribution in [0.25, 0.3) is 28.0 Å². The second-order valence-electron chi connectivity index (χ2n) is 10.4. The maximum Gasteiger partial charge on any atom is 0.306 e. The molecule has 1 atom stereocenters. The molecule has 10 heteroatoms. The van der Waals surface area contributed by atoms with Crippen molar-refractivity contribution in [3.8, 4) is 17.3 Å². The van der Waals surface area contributed by atoms with Crippen LogP contribution in [0, 0.1) is 5.92 Å². The minimum atomic E-state index is -1.34. The number of pyridine rings is 1. The van der Waals surface area contributed by atoms with E-state index in [1.165, 1.54) is 4.90 Å². The molecule has 200 valence electrons. The number of carboxylic acids is 1. The maximum atomic E-state index is 12.3. The third-order valence-corrected chi connectivity index (χ3v) is 7.82. The molecule has 0 saturated heterocycles. The van der Waals surface area contributed by atoms with Gasteiger partial charge < -0.3 is 24.8 Å². The lowest BCUT2D eigenvalue weighted by Gasteiger charge is -2.35. The van der Waals surface area contributed by atoms with Crippen LogP contribution in [-0.2, 0) is 9.59 Å². The predicted octanol–water partition coefficient (Wildman–Crippen LogP) is 4.69. The van der Waals surface area contributed by atoms with Crippen LogP contribution in [0.3, 0.4) is 0 Å². The molecule has 0 bridgehead atoms. The Bertz CT molecular complexity index is 1390. The van der Waals surface area contributed by atoms with Gasteiger partial charge >= 0.3 is 5.97 Å². The molecule has 1 aromatic carbocycles. The van der Waals surface area contributed by atoms with E-state index in [1.807, 2.05) is 30.3 Å². The van der Waals surface area contributed by atoms with Crippen LogP contribution in [-0.4, -0.2) is 67.7 Å². The number of aliphatic carboxylic acids is 1. The van der Waals surface area contributed by atoms with Gasteiger partial charge in [0, 0.05) is 19.7 Å². The number of hydrogen-bond acceptors (Lipinski definition) is 6. The number of ether oxygens (including phenoxy) is 1. The molecule has 2 aliphatic carbocycles. The zero-order chi connectivity index (χ0) is 27.0. The summed E-state index contributed by atoms with van der Waals surface area (Å²) in [6, 6.07) is 10.0. The van der Waals surface area contributed by atoms with Crippen LogP contribution < -0.4 is 4.74 Å². The molecule has 1 saturated carbocycles. The van der Waals surface area contributed by atoms with Crippen molar-refractivity contribution in [3.63, 3.8) is 0 Å². The number of aliphatic hydroxyl groups is 1. The van der Waals surface area contributed by atoms with Crippen LogP contribution in [0.2, 0.25) is 5.02 Å². The summed E-state index contributed by atoms with van der Waals surface area (Å²) < 4.78 is 6.04. The molecule has 2 heterocycles. The largest absolute Gasteiger partial charge is 0.481 e. The first kappa shape index (κ1) is 26.2. The number of halogens is 1. The Balaban J connectivity index is 1.28. The molecular weight excluding hydrogens is 508 g/mol. The van der Waals surface area contributed by atoms with Gasteiger partial charge in [0.25, 0.3) is 11.9 Å². The smallest absolute Gasteiger partial charge is 0.306 e. The number of carbonyl (C=O) groups excluding carboxylic acids is 1. The SMILES string of the molecule is CN(C)C(=O)[C@]1(O)CC[C@@H](Oc2nc3nc(-c4ccc(C5=CCC(C(=O)O)CC5)cc4)c(Cl)cc3[nH]2)CC1. The summed E-state index contributed by atoms with van der Waals surface area (Å²) in [6.07, 6.45) is 5.51. The summed E-state index contributed by atoms with van der Waals surface area (Å²) in [5, 5.41) is 20.4. The fraction of sp³-hybridized carbons (Fsp3) is 0.429. The Kier molecular flexibility index (Phi) is 7.15. The Labute approximate surface area is 225 Å². The van der Waals surface area contributed by atoms with Gasteiger partial charge in [0.05, 0.1) is 22.2 Å². The normalized spacial score (nSPS) is 23.6. The van der Waals surface area contributed by atoms with Gasteiger partial charge in [0.1, 0.15) is 11.7 Å². The van der Waals surface area contributed by atoms with Gasteiger partial charge in [-0.3, -0.25) is 9.59 Å². The van der Waals surface area contributed by atoms with Crippen molar-refractivity contribution in [3.05, 3.63) is 47.0 Å². The van der Waals surface area contributed by atoms with E-state index in [4.69, 9.17) is 16.3 Å². The van der Waals surface area contributed by atoms with Gasteiger partial charge in [0.15, 0.2) is 5.65 Å². The number of likely N-dealkylation sites (N-methyl/N-ethyl adjacent to an activating group) is 1. The highest BCUT2D eigenvalue weighted by molar-refractivity contribution is 6.33. The van der Waals surface area contributed by atoms with Crippen molar-refractivity contribution >= 4 is 40.2 Å². The highest BCUT2D eigenvalue weighted by Gasteiger charge is 2.41. The Hall–Kier alpha value is -3.43. The van der Waals surface area contributed by atoms with E-state index in [1.54, 1.807) is 20.2 Å². The molecule has 0 aliphatic heterocycles. The van der Waals surface area contributed by atoms with E-state index in [2.05, 4.69) is 15.0 Å². The van der Waals surface area contributed by atoms with Crippen molar-refractivity contribution < 1.29 is 24.5 Å². The summed E-state index contributed by atoms with van der Waals surface area (Å²) in [6.45, 7) is 0.